The molecule has 1 unspecified atom stereocenters. The normalized spacial score (nSPS) is 13.8. The number of rotatable bonds is 5. The highest BCUT2D eigenvalue weighted by molar-refractivity contribution is 5.82. The maximum atomic E-state index is 12.0. The summed E-state index contributed by atoms with van der Waals surface area (Å²) in [7, 11) is 1.40. The molecular weight excluding hydrogens is 226 g/mol. The van der Waals surface area contributed by atoms with Crippen LogP contribution in [0.4, 0.5) is 0 Å². The van der Waals surface area contributed by atoms with Crippen molar-refractivity contribution >= 4 is 5.97 Å². The van der Waals surface area contributed by atoms with Crippen molar-refractivity contribution in [3.63, 3.8) is 0 Å². The van der Waals surface area contributed by atoms with Crippen molar-refractivity contribution < 1.29 is 9.53 Å². The van der Waals surface area contributed by atoms with Crippen LogP contribution >= 0.6 is 0 Å². The molecule has 0 heterocycles. The Morgan fingerprint density at radius 2 is 2.11 bits per heavy atom. The molecule has 0 fully saturated rings. The van der Waals surface area contributed by atoms with E-state index in [0.29, 0.717) is 6.54 Å². The molecule has 18 heavy (non-hydrogen) atoms. The third-order valence-corrected chi connectivity index (χ3v) is 3.28. The van der Waals surface area contributed by atoms with Crippen LogP contribution in [0.25, 0.3) is 0 Å². The third-order valence-electron chi connectivity index (χ3n) is 3.28. The summed E-state index contributed by atoms with van der Waals surface area (Å²) in [6.45, 7) is 10.1. The SMILES string of the molecule is C=CCNC(C)(C(=O)OC)c1ccc(C)c(C)c1. The lowest BCUT2D eigenvalue weighted by Gasteiger charge is -2.28. The van der Waals surface area contributed by atoms with Gasteiger partial charge in [0, 0.05) is 6.54 Å². The van der Waals surface area contributed by atoms with Crippen LogP contribution in [0.3, 0.4) is 0 Å². The van der Waals surface area contributed by atoms with E-state index in [0.717, 1.165) is 11.1 Å². The van der Waals surface area contributed by atoms with Crippen molar-refractivity contribution in [3.05, 3.63) is 47.5 Å². The number of esters is 1. The summed E-state index contributed by atoms with van der Waals surface area (Å²) in [4.78, 5) is 12.0. The van der Waals surface area contributed by atoms with Crippen LogP contribution < -0.4 is 5.32 Å². The molecule has 3 heteroatoms. The van der Waals surface area contributed by atoms with Crippen LogP contribution in [0.5, 0.6) is 0 Å². The van der Waals surface area contributed by atoms with Gasteiger partial charge in [-0.05, 0) is 37.5 Å². The van der Waals surface area contributed by atoms with Crippen molar-refractivity contribution in [3.8, 4) is 0 Å². The van der Waals surface area contributed by atoms with Crippen LogP contribution in [0, 0.1) is 13.8 Å². The number of hydrogen-bond acceptors (Lipinski definition) is 3. The molecule has 0 aliphatic carbocycles. The highest BCUT2D eigenvalue weighted by Gasteiger charge is 2.35. The van der Waals surface area contributed by atoms with Crippen molar-refractivity contribution in [2.45, 2.75) is 26.3 Å². The number of carbonyl (C=O) groups excluding carboxylic acids is 1. The second-order valence-electron chi connectivity index (χ2n) is 4.59. The topological polar surface area (TPSA) is 38.3 Å². The number of benzene rings is 1. The first-order chi connectivity index (χ1) is 8.45. The van der Waals surface area contributed by atoms with E-state index in [1.807, 2.05) is 39.0 Å². The standard InChI is InChI=1S/C15H21NO2/c1-6-9-16-15(4,14(17)18-5)13-8-7-11(2)12(3)10-13/h6-8,10,16H,1,9H2,2-5H3. The number of hydrogen-bond donors (Lipinski definition) is 1. The van der Waals surface area contributed by atoms with Gasteiger partial charge in [-0.1, -0.05) is 24.3 Å². The van der Waals surface area contributed by atoms with Gasteiger partial charge >= 0.3 is 5.97 Å². The smallest absolute Gasteiger partial charge is 0.330 e. The Morgan fingerprint density at radius 3 is 2.61 bits per heavy atom. The number of methoxy groups -OCH3 is 1. The molecule has 1 rings (SSSR count). The zero-order chi connectivity index (χ0) is 13.8. The fraction of sp³-hybridized carbons (Fsp3) is 0.400. The number of carbonyl (C=O) groups is 1. The van der Waals surface area contributed by atoms with Crippen LogP contribution in [0.2, 0.25) is 0 Å². The second-order valence-corrected chi connectivity index (χ2v) is 4.59. The largest absolute Gasteiger partial charge is 0.467 e. The van der Waals surface area contributed by atoms with Gasteiger partial charge in [-0.15, -0.1) is 6.58 Å². The Morgan fingerprint density at radius 1 is 1.44 bits per heavy atom. The summed E-state index contributed by atoms with van der Waals surface area (Å²) >= 11 is 0. The zero-order valence-corrected chi connectivity index (χ0v) is 11.5. The van der Waals surface area contributed by atoms with E-state index in [9.17, 15) is 4.79 Å². The van der Waals surface area contributed by atoms with Gasteiger partial charge < -0.3 is 4.74 Å². The van der Waals surface area contributed by atoms with E-state index in [1.54, 1.807) is 6.08 Å². The van der Waals surface area contributed by atoms with Gasteiger partial charge in [0.25, 0.3) is 0 Å². The molecule has 0 saturated carbocycles. The van der Waals surface area contributed by atoms with Gasteiger partial charge in [-0.2, -0.15) is 0 Å². The molecule has 1 aromatic carbocycles. The summed E-state index contributed by atoms with van der Waals surface area (Å²) in [5.74, 6) is -0.299. The molecule has 1 N–H and O–H groups in total. The average molecular weight is 247 g/mol. The summed E-state index contributed by atoms with van der Waals surface area (Å²) in [6, 6.07) is 5.99. The molecule has 0 aliphatic heterocycles. The lowest BCUT2D eigenvalue weighted by atomic mass is 9.89. The Labute approximate surface area is 109 Å². The second kappa shape index (κ2) is 5.83. The van der Waals surface area contributed by atoms with E-state index in [1.165, 1.54) is 12.7 Å². The van der Waals surface area contributed by atoms with Crippen molar-refractivity contribution in [1.29, 1.82) is 0 Å². The first kappa shape index (κ1) is 14.5. The highest BCUT2D eigenvalue weighted by atomic mass is 16.5. The van der Waals surface area contributed by atoms with E-state index in [-0.39, 0.29) is 5.97 Å². The minimum atomic E-state index is -0.846. The molecule has 0 aromatic heterocycles. The van der Waals surface area contributed by atoms with E-state index >= 15 is 0 Å². The Balaban J connectivity index is 3.20. The Bertz CT molecular complexity index is 454. The molecule has 1 aromatic rings. The summed E-state index contributed by atoms with van der Waals surface area (Å²) in [5.41, 5.74) is 2.42. The lowest BCUT2D eigenvalue weighted by molar-refractivity contribution is -0.148. The van der Waals surface area contributed by atoms with Gasteiger partial charge in [-0.3, -0.25) is 5.32 Å². The van der Waals surface area contributed by atoms with Gasteiger partial charge in [0.1, 0.15) is 5.54 Å². The van der Waals surface area contributed by atoms with Crippen LogP contribution in [0.15, 0.2) is 30.9 Å². The molecule has 3 nitrogen and oxygen atoms in total. The minimum Gasteiger partial charge on any atom is -0.467 e. The summed E-state index contributed by atoms with van der Waals surface area (Å²) in [5, 5.41) is 3.17. The van der Waals surface area contributed by atoms with Crippen molar-refractivity contribution in [1.82, 2.24) is 5.32 Å². The lowest BCUT2D eigenvalue weighted by Crippen LogP contribution is -2.47. The number of nitrogens with one attached hydrogen (secondary N) is 1. The van der Waals surface area contributed by atoms with Crippen LogP contribution in [-0.2, 0) is 15.1 Å². The van der Waals surface area contributed by atoms with Gasteiger partial charge in [-0.25, -0.2) is 4.79 Å². The number of aryl methyl sites for hydroxylation is 2. The maximum Gasteiger partial charge on any atom is 0.330 e. The first-order valence-corrected chi connectivity index (χ1v) is 5.97. The van der Waals surface area contributed by atoms with Crippen molar-refractivity contribution in [2.24, 2.45) is 0 Å². The molecule has 98 valence electrons. The van der Waals surface area contributed by atoms with Crippen molar-refractivity contribution in [2.75, 3.05) is 13.7 Å². The molecule has 0 bridgehead atoms. The van der Waals surface area contributed by atoms with Crippen LogP contribution in [0.1, 0.15) is 23.6 Å². The molecule has 0 radical (unpaired) electrons. The molecule has 0 spiro atoms. The molecule has 0 amide bonds. The summed E-state index contributed by atoms with van der Waals surface area (Å²) < 4.78 is 4.90. The predicted octanol–water partition coefficient (Wildman–Crippen LogP) is 2.47. The fourth-order valence-electron chi connectivity index (χ4n) is 1.82. The monoisotopic (exact) mass is 247 g/mol. The van der Waals surface area contributed by atoms with Gasteiger partial charge in [0.2, 0.25) is 0 Å². The van der Waals surface area contributed by atoms with Gasteiger partial charge in [0.05, 0.1) is 7.11 Å². The Hall–Kier alpha value is -1.61. The maximum absolute atomic E-state index is 12.0. The summed E-state index contributed by atoms with van der Waals surface area (Å²) in [6.07, 6.45) is 1.72. The minimum absolute atomic E-state index is 0.299. The van der Waals surface area contributed by atoms with E-state index in [4.69, 9.17) is 4.74 Å². The number of ether oxygens (including phenoxy) is 1. The van der Waals surface area contributed by atoms with Gasteiger partial charge in [0.15, 0.2) is 0 Å². The van der Waals surface area contributed by atoms with E-state index in [2.05, 4.69) is 11.9 Å². The first-order valence-electron chi connectivity index (χ1n) is 5.97. The molecule has 0 aliphatic rings. The Kier molecular flexibility index (Phi) is 4.68. The molecular formula is C15H21NO2. The third kappa shape index (κ3) is 2.79. The zero-order valence-electron chi connectivity index (χ0n) is 11.5. The molecule has 0 saturated heterocycles. The predicted molar refractivity (Wildman–Crippen MR) is 73.5 cm³/mol. The fourth-order valence-corrected chi connectivity index (χ4v) is 1.82. The van der Waals surface area contributed by atoms with E-state index < -0.39 is 5.54 Å². The quantitative estimate of drug-likeness (QED) is 0.641. The average Bonchev–Trinajstić information content (AvgIpc) is 2.38. The van der Waals surface area contributed by atoms with Crippen LogP contribution in [-0.4, -0.2) is 19.6 Å². The highest BCUT2D eigenvalue weighted by Crippen LogP contribution is 2.24. The molecule has 1 atom stereocenters.